The first-order valence-electron chi connectivity index (χ1n) is 11.5. The van der Waals surface area contributed by atoms with Gasteiger partial charge in [0.25, 0.3) is 0 Å². The quantitative estimate of drug-likeness (QED) is 0.658. The summed E-state index contributed by atoms with van der Waals surface area (Å²) in [5.74, 6) is 0.875. The van der Waals surface area contributed by atoms with E-state index < -0.39 is 0 Å². The molecule has 0 spiro atoms. The molecule has 0 radical (unpaired) electrons. The van der Waals surface area contributed by atoms with E-state index in [1.54, 1.807) is 0 Å². The molecule has 2 atom stereocenters. The minimum absolute atomic E-state index is 0.0640. The molecule has 5 aliphatic rings. The highest BCUT2D eigenvalue weighted by atomic mass is 16.5. The summed E-state index contributed by atoms with van der Waals surface area (Å²) in [6.45, 7) is 5.27. The summed E-state index contributed by atoms with van der Waals surface area (Å²) in [6.07, 6.45) is 7.08. The molecule has 4 fully saturated rings. The maximum atomic E-state index is 13.0. The number of carbonyl (C=O) groups is 1. The normalized spacial score (nSPS) is 35.7. The van der Waals surface area contributed by atoms with Crippen molar-refractivity contribution in [3.05, 3.63) is 59.7 Å². The van der Waals surface area contributed by atoms with Gasteiger partial charge in [0.15, 0.2) is 0 Å². The Kier molecular flexibility index (Phi) is 3.77. The second-order valence-corrected chi connectivity index (χ2v) is 11.4. The monoisotopic (exact) mass is 401 g/mol. The summed E-state index contributed by atoms with van der Waals surface area (Å²) in [6, 6.07) is 17.0. The number of amides is 1. The van der Waals surface area contributed by atoms with Crippen LogP contribution in [0.4, 0.5) is 4.79 Å². The third-order valence-corrected chi connectivity index (χ3v) is 8.34. The number of fused-ring (bicyclic) bond motifs is 3. The first-order chi connectivity index (χ1) is 14.4. The van der Waals surface area contributed by atoms with E-state index in [4.69, 9.17) is 4.74 Å². The van der Waals surface area contributed by atoms with Crippen LogP contribution in [0, 0.1) is 16.7 Å². The summed E-state index contributed by atoms with van der Waals surface area (Å²) >= 11 is 0. The number of ether oxygens (including phenoxy) is 1. The van der Waals surface area contributed by atoms with Crippen molar-refractivity contribution in [3.63, 3.8) is 0 Å². The smallest absolute Gasteiger partial charge is 0.407 e. The zero-order valence-electron chi connectivity index (χ0n) is 18.0. The molecule has 1 amide bonds. The molecule has 2 aromatic rings. The number of rotatable bonds is 3. The minimum Gasteiger partial charge on any atom is -0.449 e. The Morgan fingerprint density at radius 3 is 2.03 bits per heavy atom. The van der Waals surface area contributed by atoms with Crippen LogP contribution in [0.1, 0.15) is 69.4 Å². The maximum absolute atomic E-state index is 13.0. The van der Waals surface area contributed by atoms with Crippen molar-refractivity contribution < 1.29 is 9.53 Å². The molecular formula is C27H31NO2. The van der Waals surface area contributed by atoms with Gasteiger partial charge in [-0.1, -0.05) is 62.4 Å². The lowest BCUT2D eigenvalue weighted by Gasteiger charge is -2.65. The van der Waals surface area contributed by atoms with Crippen molar-refractivity contribution in [2.45, 2.75) is 63.8 Å². The Bertz CT molecular complexity index is 964. The van der Waals surface area contributed by atoms with Crippen molar-refractivity contribution in [1.82, 2.24) is 5.32 Å². The summed E-state index contributed by atoms with van der Waals surface area (Å²) in [7, 11) is 0. The van der Waals surface area contributed by atoms with Gasteiger partial charge >= 0.3 is 6.09 Å². The summed E-state index contributed by atoms with van der Waals surface area (Å²) in [5, 5.41) is 3.39. The molecule has 3 nitrogen and oxygen atoms in total. The fourth-order valence-electron chi connectivity index (χ4n) is 8.44. The SMILES string of the molecule is CC12CC3CC(C)(C1)CC(NC(=O)OCC1c4ccccc4-c4ccccc41)(C3)C2. The molecule has 0 saturated heterocycles. The maximum Gasteiger partial charge on any atom is 0.407 e. The van der Waals surface area contributed by atoms with Gasteiger partial charge < -0.3 is 10.1 Å². The number of nitrogens with one attached hydrogen (secondary N) is 1. The van der Waals surface area contributed by atoms with Gasteiger partial charge in [-0.05, 0) is 77.5 Å². The zero-order chi connectivity index (χ0) is 20.6. The zero-order valence-corrected chi connectivity index (χ0v) is 18.0. The Hall–Kier alpha value is -2.29. The molecule has 30 heavy (non-hydrogen) atoms. The van der Waals surface area contributed by atoms with Crippen LogP contribution >= 0.6 is 0 Å². The van der Waals surface area contributed by atoms with Crippen LogP contribution in [-0.2, 0) is 4.74 Å². The van der Waals surface area contributed by atoms with E-state index in [2.05, 4.69) is 67.7 Å². The van der Waals surface area contributed by atoms with Gasteiger partial charge in [0.1, 0.15) is 6.61 Å². The van der Waals surface area contributed by atoms with Gasteiger partial charge in [0, 0.05) is 11.5 Å². The lowest BCUT2D eigenvalue weighted by atomic mass is 9.43. The third-order valence-electron chi connectivity index (χ3n) is 8.34. The largest absolute Gasteiger partial charge is 0.449 e. The van der Waals surface area contributed by atoms with E-state index in [9.17, 15) is 4.79 Å². The van der Waals surface area contributed by atoms with Crippen LogP contribution in [0.2, 0.25) is 0 Å². The van der Waals surface area contributed by atoms with Crippen molar-refractivity contribution in [2.75, 3.05) is 6.61 Å². The summed E-state index contributed by atoms with van der Waals surface area (Å²) in [4.78, 5) is 13.0. The standard InChI is InChI=1S/C27H31NO2/c1-25-11-18-12-26(2,15-25)17-27(13-18,16-25)28-24(29)30-14-23-21-9-5-3-7-19(21)20-8-4-6-10-22(20)23/h3-10,18,23H,11-17H2,1-2H3,(H,28,29). The van der Waals surface area contributed by atoms with Crippen LogP contribution in [0.5, 0.6) is 0 Å². The van der Waals surface area contributed by atoms with E-state index in [1.165, 1.54) is 41.5 Å². The second-order valence-electron chi connectivity index (χ2n) is 11.4. The average molecular weight is 402 g/mol. The average Bonchev–Trinajstić information content (AvgIpc) is 2.97. The van der Waals surface area contributed by atoms with Gasteiger partial charge in [-0.2, -0.15) is 0 Å². The number of hydrogen-bond donors (Lipinski definition) is 1. The molecule has 4 saturated carbocycles. The van der Waals surface area contributed by atoms with Crippen LogP contribution in [0.3, 0.4) is 0 Å². The van der Waals surface area contributed by atoms with Gasteiger partial charge in [0.05, 0.1) is 0 Å². The van der Waals surface area contributed by atoms with E-state index >= 15 is 0 Å². The fraction of sp³-hybridized carbons (Fsp3) is 0.519. The molecule has 2 aromatic carbocycles. The Morgan fingerprint density at radius 1 is 0.900 bits per heavy atom. The van der Waals surface area contributed by atoms with E-state index in [0.29, 0.717) is 17.4 Å². The minimum atomic E-state index is -0.231. The topological polar surface area (TPSA) is 38.3 Å². The van der Waals surface area contributed by atoms with Crippen molar-refractivity contribution >= 4 is 6.09 Å². The first-order valence-corrected chi connectivity index (χ1v) is 11.5. The van der Waals surface area contributed by atoms with Crippen molar-refractivity contribution in [1.29, 1.82) is 0 Å². The van der Waals surface area contributed by atoms with Crippen molar-refractivity contribution in [2.24, 2.45) is 16.7 Å². The number of hydrogen-bond acceptors (Lipinski definition) is 2. The van der Waals surface area contributed by atoms with Crippen LogP contribution in [-0.4, -0.2) is 18.2 Å². The van der Waals surface area contributed by atoms with Crippen LogP contribution < -0.4 is 5.32 Å². The molecule has 156 valence electrons. The predicted molar refractivity (Wildman–Crippen MR) is 118 cm³/mol. The first kappa shape index (κ1) is 18.5. The third kappa shape index (κ3) is 2.81. The second kappa shape index (κ2) is 6.12. The Morgan fingerprint density at radius 2 is 1.47 bits per heavy atom. The molecule has 2 unspecified atom stereocenters. The molecule has 7 rings (SSSR count). The highest BCUT2D eigenvalue weighted by Crippen LogP contribution is 2.66. The van der Waals surface area contributed by atoms with E-state index in [1.807, 2.05) is 0 Å². The van der Waals surface area contributed by atoms with Crippen molar-refractivity contribution in [3.8, 4) is 11.1 Å². The molecular weight excluding hydrogens is 370 g/mol. The van der Waals surface area contributed by atoms with Gasteiger partial charge in [0.2, 0.25) is 0 Å². The van der Waals surface area contributed by atoms with Crippen LogP contribution in [0.25, 0.3) is 11.1 Å². The summed E-state index contributed by atoms with van der Waals surface area (Å²) < 4.78 is 5.89. The molecule has 0 aromatic heterocycles. The lowest BCUT2D eigenvalue weighted by Crippen LogP contribution is -2.65. The van der Waals surface area contributed by atoms with Crippen LogP contribution in [0.15, 0.2) is 48.5 Å². The molecule has 0 aliphatic heterocycles. The van der Waals surface area contributed by atoms with Gasteiger partial charge in [-0.3, -0.25) is 0 Å². The predicted octanol–water partition coefficient (Wildman–Crippen LogP) is 6.27. The Balaban J connectivity index is 1.19. The molecule has 0 heterocycles. The molecule has 4 bridgehead atoms. The van der Waals surface area contributed by atoms with Gasteiger partial charge in [-0.15, -0.1) is 0 Å². The Labute approximate surface area is 179 Å². The molecule has 3 heteroatoms. The highest BCUT2D eigenvalue weighted by Gasteiger charge is 2.60. The highest BCUT2D eigenvalue weighted by molar-refractivity contribution is 5.79. The summed E-state index contributed by atoms with van der Waals surface area (Å²) in [5.41, 5.74) is 5.76. The van der Waals surface area contributed by atoms with Gasteiger partial charge in [-0.25, -0.2) is 4.79 Å². The number of alkyl carbamates (subject to hydrolysis) is 1. The van der Waals surface area contributed by atoms with E-state index in [-0.39, 0.29) is 17.6 Å². The fourth-order valence-corrected chi connectivity index (χ4v) is 8.44. The number of benzene rings is 2. The molecule has 5 aliphatic carbocycles. The number of carbonyl (C=O) groups excluding carboxylic acids is 1. The lowest BCUT2D eigenvalue weighted by molar-refractivity contribution is -0.115. The molecule has 1 N–H and O–H groups in total. The van der Waals surface area contributed by atoms with E-state index in [0.717, 1.165) is 25.2 Å².